The number of likely N-dealkylation sites (N-methyl/N-ethyl adjacent to an activating group) is 1. The lowest BCUT2D eigenvalue weighted by atomic mass is 9.99. The zero-order valence-electron chi connectivity index (χ0n) is 19.9. The number of amides is 1. The van der Waals surface area contributed by atoms with E-state index >= 15 is 0 Å². The smallest absolute Gasteiger partial charge is 0.246 e. The minimum absolute atomic E-state index is 0.0560. The predicted molar refractivity (Wildman–Crippen MR) is 135 cm³/mol. The van der Waals surface area contributed by atoms with Crippen LogP contribution in [0, 0.1) is 11.3 Å². The van der Waals surface area contributed by atoms with Crippen LogP contribution in [-0.2, 0) is 9.53 Å². The second-order valence-electron chi connectivity index (χ2n) is 9.26. The molecule has 9 nitrogen and oxygen atoms in total. The summed E-state index contributed by atoms with van der Waals surface area (Å²) in [5.41, 5.74) is 6.30. The van der Waals surface area contributed by atoms with Crippen LogP contribution in [0.15, 0.2) is 67.8 Å². The standard InChI is InChI=1S/C27H25N7O2/c1-3-26(35)31(2)23-14-32(15-23)22-6-4-18(5-7-22)25-8-19(12-34-27(25)20(9-28)10-30-34)21-11-29-33(13-21)24-16-36-17-24/h3-8,10-13,23-24H,1,14-17H2,2H3. The maximum absolute atomic E-state index is 11.9. The summed E-state index contributed by atoms with van der Waals surface area (Å²) in [4.78, 5) is 15.8. The van der Waals surface area contributed by atoms with E-state index in [2.05, 4.69) is 58.1 Å². The highest BCUT2D eigenvalue weighted by Crippen LogP contribution is 2.34. The minimum Gasteiger partial charge on any atom is -0.377 e. The highest BCUT2D eigenvalue weighted by molar-refractivity contribution is 5.88. The molecule has 0 atom stereocenters. The molecule has 36 heavy (non-hydrogen) atoms. The Morgan fingerprint density at radius 3 is 2.58 bits per heavy atom. The molecule has 9 heteroatoms. The maximum atomic E-state index is 11.9. The molecule has 6 rings (SSSR count). The van der Waals surface area contributed by atoms with E-state index in [1.54, 1.807) is 15.6 Å². The van der Waals surface area contributed by atoms with E-state index in [0.717, 1.165) is 46.5 Å². The van der Waals surface area contributed by atoms with Gasteiger partial charge < -0.3 is 14.5 Å². The predicted octanol–water partition coefficient (Wildman–Crippen LogP) is 3.14. The highest BCUT2D eigenvalue weighted by Gasteiger charge is 2.31. The average molecular weight is 480 g/mol. The molecular weight excluding hydrogens is 454 g/mol. The minimum atomic E-state index is -0.0560. The van der Waals surface area contributed by atoms with Crippen molar-refractivity contribution in [1.29, 1.82) is 5.26 Å². The van der Waals surface area contributed by atoms with E-state index in [-0.39, 0.29) is 18.0 Å². The molecule has 2 aliphatic rings. The molecule has 2 saturated heterocycles. The van der Waals surface area contributed by atoms with Crippen LogP contribution in [0.5, 0.6) is 0 Å². The van der Waals surface area contributed by atoms with Gasteiger partial charge in [0.15, 0.2) is 0 Å². The molecule has 0 bridgehead atoms. The molecule has 5 heterocycles. The van der Waals surface area contributed by atoms with Crippen molar-refractivity contribution in [2.24, 2.45) is 0 Å². The van der Waals surface area contributed by atoms with Crippen LogP contribution in [0.25, 0.3) is 27.8 Å². The fourth-order valence-electron chi connectivity index (χ4n) is 4.73. The lowest BCUT2D eigenvalue weighted by Crippen LogP contribution is -2.59. The molecule has 2 aliphatic heterocycles. The Bertz CT molecular complexity index is 1500. The van der Waals surface area contributed by atoms with Crippen molar-refractivity contribution in [3.8, 4) is 28.3 Å². The van der Waals surface area contributed by atoms with Crippen molar-refractivity contribution in [3.05, 3.63) is 73.3 Å². The molecule has 0 radical (unpaired) electrons. The summed E-state index contributed by atoms with van der Waals surface area (Å²) in [6, 6.07) is 13.1. The van der Waals surface area contributed by atoms with Crippen molar-refractivity contribution in [1.82, 2.24) is 24.3 Å². The number of aromatic nitrogens is 4. The number of hydrogen-bond donors (Lipinski definition) is 0. The maximum Gasteiger partial charge on any atom is 0.246 e. The third-order valence-corrected chi connectivity index (χ3v) is 7.14. The van der Waals surface area contributed by atoms with Crippen LogP contribution in [0.3, 0.4) is 0 Å². The van der Waals surface area contributed by atoms with Crippen LogP contribution in [0.4, 0.5) is 5.69 Å². The zero-order chi connectivity index (χ0) is 24.8. The molecule has 0 unspecified atom stereocenters. The number of benzene rings is 1. The Balaban J connectivity index is 1.31. The summed E-state index contributed by atoms with van der Waals surface area (Å²) < 4.78 is 9.01. The van der Waals surface area contributed by atoms with Gasteiger partial charge in [0.05, 0.1) is 48.8 Å². The summed E-state index contributed by atoms with van der Waals surface area (Å²) >= 11 is 0. The Hall–Kier alpha value is -4.42. The first-order valence-electron chi connectivity index (χ1n) is 11.8. The lowest BCUT2D eigenvalue weighted by molar-refractivity contribution is -0.127. The van der Waals surface area contributed by atoms with Gasteiger partial charge in [0, 0.05) is 54.9 Å². The summed E-state index contributed by atoms with van der Waals surface area (Å²) in [7, 11) is 1.81. The van der Waals surface area contributed by atoms with Crippen LogP contribution < -0.4 is 4.90 Å². The highest BCUT2D eigenvalue weighted by atomic mass is 16.5. The molecule has 4 aromatic rings. The third-order valence-electron chi connectivity index (χ3n) is 7.14. The number of pyridine rings is 1. The van der Waals surface area contributed by atoms with Gasteiger partial charge in [-0.3, -0.25) is 9.48 Å². The third kappa shape index (κ3) is 3.63. The van der Waals surface area contributed by atoms with Gasteiger partial charge in [-0.15, -0.1) is 0 Å². The second-order valence-corrected chi connectivity index (χ2v) is 9.26. The molecule has 1 amide bonds. The Morgan fingerprint density at radius 1 is 1.14 bits per heavy atom. The second kappa shape index (κ2) is 8.66. The van der Waals surface area contributed by atoms with E-state index in [1.165, 1.54) is 6.08 Å². The van der Waals surface area contributed by atoms with Gasteiger partial charge in [-0.2, -0.15) is 15.5 Å². The van der Waals surface area contributed by atoms with Crippen molar-refractivity contribution in [2.75, 3.05) is 38.3 Å². The van der Waals surface area contributed by atoms with E-state index in [0.29, 0.717) is 18.8 Å². The first-order chi connectivity index (χ1) is 17.6. The van der Waals surface area contributed by atoms with Crippen molar-refractivity contribution in [2.45, 2.75) is 12.1 Å². The quantitative estimate of drug-likeness (QED) is 0.395. The van der Waals surface area contributed by atoms with E-state index in [9.17, 15) is 10.1 Å². The van der Waals surface area contributed by atoms with Gasteiger partial charge in [0.1, 0.15) is 6.07 Å². The molecule has 3 aromatic heterocycles. The van der Waals surface area contributed by atoms with Gasteiger partial charge in [0.2, 0.25) is 5.91 Å². The van der Waals surface area contributed by atoms with Crippen molar-refractivity contribution < 1.29 is 9.53 Å². The monoisotopic (exact) mass is 479 g/mol. The first kappa shape index (κ1) is 22.1. The van der Waals surface area contributed by atoms with Gasteiger partial charge in [-0.1, -0.05) is 18.7 Å². The number of hydrogen-bond acceptors (Lipinski definition) is 6. The zero-order valence-corrected chi connectivity index (χ0v) is 19.9. The Kier molecular flexibility index (Phi) is 5.31. The topological polar surface area (TPSA) is 91.7 Å². The van der Waals surface area contributed by atoms with E-state index in [1.807, 2.05) is 30.3 Å². The number of ether oxygens (including phenoxy) is 1. The summed E-state index contributed by atoms with van der Waals surface area (Å²) in [6.07, 6.45) is 8.78. The number of fused-ring (bicyclic) bond motifs is 1. The van der Waals surface area contributed by atoms with Gasteiger partial charge >= 0.3 is 0 Å². The lowest BCUT2D eigenvalue weighted by Gasteiger charge is -2.45. The Morgan fingerprint density at radius 2 is 1.92 bits per heavy atom. The van der Waals surface area contributed by atoms with Gasteiger partial charge in [0.25, 0.3) is 0 Å². The first-order valence-corrected chi connectivity index (χ1v) is 11.8. The molecule has 180 valence electrons. The molecule has 0 aliphatic carbocycles. The number of anilines is 1. The molecular formula is C27H25N7O2. The summed E-state index contributed by atoms with van der Waals surface area (Å²) in [5.74, 6) is -0.0560. The van der Waals surface area contributed by atoms with Crippen LogP contribution >= 0.6 is 0 Å². The van der Waals surface area contributed by atoms with Gasteiger partial charge in [-0.25, -0.2) is 4.52 Å². The molecule has 2 fully saturated rings. The van der Waals surface area contributed by atoms with Crippen LogP contribution in [0.2, 0.25) is 0 Å². The van der Waals surface area contributed by atoms with Crippen molar-refractivity contribution >= 4 is 17.1 Å². The van der Waals surface area contributed by atoms with Crippen molar-refractivity contribution in [3.63, 3.8) is 0 Å². The summed E-state index contributed by atoms with van der Waals surface area (Å²) in [6.45, 7) is 6.50. The SMILES string of the molecule is C=CC(=O)N(C)C1CN(c2ccc(-c3cc(-c4cnn(C5COC5)c4)cn4ncc(C#N)c34)cc2)C1. The molecule has 0 N–H and O–H groups in total. The Labute approximate surface area is 208 Å². The molecule has 0 saturated carbocycles. The number of nitrogens with zero attached hydrogens (tertiary/aromatic N) is 7. The molecule has 1 aromatic carbocycles. The fourth-order valence-corrected chi connectivity index (χ4v) is 4.73. The number of nitriles is 1. The fraction of sp³-hybridized carbons (Fsp3) is 0.259. The normalized spacial score (nSPS) is 15.8. The number of carbonyl (C=O) groups is 1. The molecule has 0 spiro atoms. The number of carbonyl (C=O) groups excluding carboxylic acids is 1. The van der Waals surface area contributed by atoms with Crippen LogP contribution in [-0.4, -0.2) is 69.6 Å². The summed E-state index contributed by atoms with van der Waals surface area (Å²) in [5, 5.41) is 18.7. The number of rotatable bonds is 6. The van der Waals surface area contributed by atoms with E-state index < -0.39 is 0 Å². The van der Waals surface area contributed by atoms with E-state index in [4.69, 9.17) is 4.74 Å². The largest absolute Gasteiger partial charge is 0.377 e. The van der Waals surface area contributed by atoms with Gasteiger partial charge in [-0.05, 0) is 29.8 Å². The average Bonchev–Trinajstić information content (AvgIpc) is 3.48. The van der Waals surface area contributed by atoms with Crippen LogP contribution in [0.1, 0.15) is 11.6 Å².